The minimum atomic E-state index is 0.420. The molecule has 0 spiro atoms. The van der Waals surface area contributed by atoms with E-state index >= 15 is 0 Å². The van der Waals surface area contributed by atoms with Crippen LogP contribution in [0.25, 0.3) is 21.5 Å². The van der Waals surface area contributed by atoms with Gasteiger partial charge in [-0.05, 0) is 69.1 Å². The number of rotatable bonds is 8. The maximum Gasteiger partial charge on any atom is 0.245 e. The fourth-order valence-corrected chi connectivity index (χ4v) is 4.60. The van der Waals surface area contributed by atoms with Gasteiger partial charge >= 0.3 is 0 Å². The highest BCUT2D eigenvalue weighted by Crippen LogP contribution is 2.26. The van der Waals surface area contributed by atoms with E-state index in [-0.39, 0.29) is 0 Å². The van der Waals surface area contributed by atoms with Crippen LogP contribution in [0, 0.1) is 5.21 Å². The Bertz CT molecular complexity index is 1750. The number of hydrogen-bond donors (Lipinski definition) is 0. The molecule has 0 N–H and O–H groups in total. The zero-order valence-electron chi connectivity index (χ0n) is 21.2. The maximum absolute atomic E-state index is 12.6. The molecule has 190 valence electrons. The average Bonchev–Trinajstić information content (AvgIpc) is 3.00. The molecule has 0 saturated carbocycles. The van der Waals surface area contributed by atoms with Gasteiger partial charge < -0.3 is 14.7 Å². The van der Waals surface area contributed by atoms with Crippen molar-refractivity contribution in [2.45, 2.75) is 13.2 Å². The van der Waals surface area contributed by atoms with Crippen LogP contribution in [0.1, 0.15) is 11.1 Å². The largest absolute Gasteiger partial charge is 0.594 e. The van der Waals surface area contributed by atoms with Gasteiger partial charge in [-0.1, -0.05) is 89.8 Å². The summed E-state index contributed by atoms with van der Waals surface area (Å²) in [5.41, 5.74) is 3.20. The SMILES string of the molecule is [O-][N+](=Nc1ccc(OCc2cccc3ccccc23)cc1)c1ccc(OCc2cccc3ccccc23)cc1. The number of fused-ring (bicyclic) bond motifs is 2. The smallest absolute Gasteiger partial charge is 0.245 e. The van der Waals surface area contributed by atoms with Gasteiger partial charge in [-0.3, -0.25) is 0 Å². The Morgan fingerprint density at radius 2 is 0.974 bits per heavy atom. The fraction of sp³-hybridized carbons (Fsp3) is 0.0588. The summed E-state index contributed by atoms with van der Waals surface area (Å²) in [5.74, 6) is 1.40. The van der Waals surface area contributed by atoms with Gasteiger partial charge in [0, 0.05) is 17.2 Å². The Morgan fingerprint density at radius 3 is 1.51 bits per heavy atom. The number of nitrogens with zero attached hydrogens (tertiary/aromatic N) is 2. The molecule has 5 nitrogen and oxygen atoms in total. The van der Waals surface area contributed by atoms with Gasteiger partial charge in [0.1, 0.15) is 30.4 Å². The summed E-state index contributed by atoms with van der Waals surface area (Å²) in [5, 5.41) is 21.5. The van der Waals surface area contributed by atoms with Crippen LogP contribution >= 0.6 is 0 Å². The quantitative estimate of drug-likeness (QED) is 0.117. The van der Waals surface area contributed by atoms with E-state index in [1.54, 1.807) is 36.4 Å². The van der Waals surface area contributed by atoms with Crippen molar-refractivity contribution in [3.05, 3.63) is 150 Å². The van der Waals surface area contributed by atoms with Gasteiger partial charge in [-0.25, -0.2) is 0 Å². The van der Waals surface area contributed by atoms with Crippen LogP contribution < -0.4 is 9.47 Å². The summed E-state index contributed by atoms with van der Waals surface area (Å²) in [6, 6.07) is 43.0. The molecule has 0 saturated heterocycles. The maximum atomic E-state index is 12.6. The van der Waals surface area contributed by atoms with Crippen LogP contribution in [-0.4, -0.2) is 4.86 Å². The number of benzene rings is 6. The van der Waals surface area contributed by atoms with E-state index < -0.39 is 0 Å². The topological polar surface area (TPSA) is 56.9 Å². The normalized spacial score (nSPS) is 11.5. The van der Waals surface area contributed by atoms with Crippen molar-refractivity contribution >= 4 is 32.9 Å². The van der Waals surface area contributed by atoms with Gasteiger partial charge in [-0.15, -0.1) is 0 Å². The van der Waals surface area contributed by atoms with Gasteiger partial charge in [0.25, 0.3) is 0 Å². The minimum absolute atomic E-state index is 0.420. The van der Waals surface area contributed by atoms with Gasteiger partial charge in [0.05, 0.1) is 0 Å². The van der Waals surface area contributed by atoms with E-state index in [0.29, 0.717) is 40.9 Å². The van der Waals surface area contributed by atoms with Crippen molar-refractivity contribution in [3.63, 3.8) is 0 Å². The second kappa shape index (κ2) is 11.1. The van der Waals surface area contributed by atoms with E-state index in [9.17, 15) is 5.21 Å². The number of ether oxygens (including phenoxy) is 2. The van der Waals surface area contributed by atoms with Crippen molar-refractivity contribution in [3.8, 4) is 11.5 Å². The number of azo groups is 1. The van der Waals surface area contributed by atoms with Crippen molar-refractivity contribution in [1.82, 2.24) is 0 Å². The molecule has 6 rings (SSSR count). The highest BCUT2D eigenvalue weighted by Gasteiger charge is 2.07. The van der Waals surface area contributed by atoms with Crippen LogP contribution in [0.15, 0.2) is 139 Å². The molecule has 39 heavy (non-hydrogen) atoms. The molecule has 0 fully saturated rings. The summed E-state index contributed by atoms with van der Waals surface area (Å²) in [4.78, 5) is 0.612. The molecule has 6 aromatic rings. The van der Waals surface area contributed by atoms with Gasteiger partial charge in [0.2, 0.25) is 5.69 Å². The molecule has 0 aliphatic heterocycles. The lowest BCUT2D eigenvalue weighted by Crippen LogP contribution is -1.97. The zero-order valence-corrected chi connectivity index (χ0v) is 21.2. The molecule has 0 heterocycles. The van der Waals surface area contributed by atoms with Crippen molar-refractivity contribution in [2.24, 2.45) is 5.11 Å². The van der Waals surface area contributed by atoms with Crippen LogP contribution in [0.5, 0.6) is 11.5 Å². The predicted octanol–water partition coefficient (Wildman–Crippen LogP) is 9.08. The third kappa shape index (κ3) is 5.58. The summed E-state index contributed by atoms with van der Waals surface area (Å²) < 4.78 is 12.0. The number of hydrogen-bond acceptors (Lipinski definition) is 4. The van der Waals surface area contributed by atoms with E-state index in [1.807, 2.05) is 48.5 Å². The summed E-state index contributed by atoms with van der Waals surface area (Å²) in [7, 11) is 0. The first-order valence-electron chi connectivity index (χ1n) is 12.8. The molecule has 5 heteroatoms. The van der Waals surface area contributed by atoms with Crippen molar-refractivity contribution < 1.29 is 14.3 Å². The lowest BCUT2D eigenvalue weighted by atomic mass is 10.1. The first kappa shape index (κ1) is 24.2. The second-order valence-corrected chi connectivity index (χ2v) is 9.21. The molecule has 0 aromatic heterocycles. The standard InChI is InChI=1S/C34H26N2O3/c37-36(30-17-21-32(22-18-30)39-24-28-12-6-10-26-8-2-4-14-34(26)28)35-29-15-19-31(20-16-29)38-23-27-11-5-9-25-7-1-3-13-33(25)27/h1-22H,23-24H2. The molecule has 0 unspecified atom stereocenters. The third-order valence-electron chi connectivity index (χ3n) is 6.65. The molecule has 0 amide bonds. The van der Waals surface area contributed by atoms with Crippen LogP contribution in [0.2, 0.25) is 0 Å². The van der Waals surface area contributed by atoms with E-state index in [1.165, 1.54) is 21.5 Å². The predicted molar refractivity (Wildman–Crippen MR) is 155 cm³/mol. The molecule has 0 aliphatic rings. The van der Waals surface area contributed by atoms with Crippen LogP contribution in [-0.2, 0) is 13.2 Å². The van der Waals surface area contributed by atoms with Crippen LogP contribution in [0.3, 0.4) is 0 Å². The molecule has 0 bridgehead atoms. The van der Waals surface area contributed by atoms with Crippen molar-refractivity contribution in [1.29, 1.82) is 0 Å². The highest BCUT2D eigenvalue weighted by molar-refractivity contribution is 5.86. The Morgan fingerprint density at radius 1 is 0.513 bits per heavy atom. The first-order valence-corrected chi connectivity index (χ1v) is 12.8. The molecule has 0 atom stereocenters. The lowest BCUT2D eigenvalue weighted by Gasteiger charge is -2.09. The Hall–Kier alpha value is -5.16. The molecule has 6 aromatic carbocycles. The monoisotopic (exact) mass is 510 g/mol. The molecular weight excluding hydrogens is 484 g/mol. The average molecular weight is 511 g/mol. The second-order valence-electron chi connectivity index (χ2n) is 9.21. The highest BCUT2D eigenvalue weighted by atomic mass is 16.5. The Labute approximate surface area is 226 Å². The van der Waals surface area contributed by atoms with E-state index in [0.717, 1.165) is 11.1 Å². The summed E-state index contributed by atoms with van der Waals surface area (Å²) >= 11 is 0. The third-order valence-corrected chi connectivity index (χ3v) is 6.65. The summed E-state index contributed by atoms with van der Waals surface area (Å²) in [6.45, 7) is 0.904. The van der Waals surface area contributed by atoms with Crippen LogP contribution in [0.4, 0.5) is 11.4 Å². The van der Waals surface area contributed by atoms with Gasteiger partial charge in [-0.2, -0.15) is 0 Å². The summed E-state index contributed by atoms with van der Waals surface area (Å²) in [6.07, 6.45) is 0. The van der Waals surface area contributed by atoms with E-state index in [2.05, 4.69) is 53.6 Å². The molecule has 0 aliphatic carbocycles. The minimum Gasteiger partial charge on any atom is -0.594 e. The van der Waals surface area contributed by atoms with Gasteiger partial charge in [0.15, 0.2) is 0 Å². The molecule has 0 radical (unpaired) electrons. The Kier molecular flexibility index (Phi) is 6.87. The molecular formula is C34H26N2O3. The van der Waals surface area contributed by atoms with Crippen molar-refractivity contribution in [2.75, 3.05) is 0 Å². The zero-order chi connectivity index (χ0) is 26.4. The Balaban J connectivity index is 1.08. The van der Waals surface area contributed by atoms with E-state index in [4.69, 9.17) is 9.47 Å². The fourth-order valence-electron chi connectivity index (χ4n) is 4.60. The first-order chi connectivity index (χ1) is 19.2. The lowest BCUT2D eigenvalue weighted by molar-refractivity contribution is -0.435.